The van der Waals surface area contributed by atoms with E-state index in [1.807, 2.05) is 38.1 Å². The molecular formula is C23H28N2O5S. The van der Waals surface area contributed by atoms with E-state index in [1.165, 1.54) is 19.2 Å². The summed E-state index contributed by atoms with van der Waals surface area (Å²) in [5.41, 5.74) is 0.547. The summed E-state index contributed by atoms with van der Waals surface area (Å²) in [7, 11) is -2.41. The van der Waals surface area contributed by atoms with E-state index in [1.54, 1.807) is 11.0 Å². The number of carbonyl (C=O) groups excluding carboxylic acids is 1. The average molecular weight is 445 g/mol. The number of sulfonamides is 1. The molecule has 1 unspecified atom stereocenters. The standard InChI is InChI=1S/C23H28N2O5S/c1-23(2)15-19(17-8-4-5-9-21(17)30-23)24-31(27,28)16-10-11-20(29-3)18(14-16)22(26)25-12-6-7-13-25/h4-5,8-11,14,19,24H,6-7,12-13,15H2,1-3H3. The highest BCUT2D eigenvalue weighted by Gasteiger charge is 2.36. The van der Waals surface area contributed by atoms with Gasteiger partial charge in [0.2, 0.25) is 10.0 Å². The molecule has 2 aliphatic rings. The molecule has 2 aromatic carbocycles. The number of likely N-dealkylation sites (tertiary alicyclic amines) is 1. The second-order valence-electron chi connectivity index (χ2n) is 8.64. The Hall–Kier alpha value is -2.58. The van der Waals surface area contributed by atoms with Crippen LogP contribution in [0.2, 0.25) is 0 Å². The van der Waals surface area contributed by atoms with Gasteiger partial charge in [-0.2, -0.15) is 0 Å². The maximum Gasteiger partial charge on any atom is 0.257 e. The average Bonchev–Trinajstić information content (AvgIpc) is 3.26. The van der Waals surface area contributed by atoms with Crippen LogP contribution in [0.25, 0.3) is 0 Å². The summed E-state index contributed by atoms with van der Waals surface area (Å²) in [5.74, 6) is 0.837. The van der Waals surface area contributed by atoms with E-state index in [4.69, 9.17) is 9.47 Å². The number of hydrogen-bond donors (Lipinski definition) is 1. The number of rotatable bonds is 5. The predicted octanol–water partition coefficient (Wildman–Crippen LogP) is 3.51. The van der Waals surface area contributed by atoms with E-state index in [9.17, 15) is 13.2 Å². The Morgan fingerprint density at radius 1 is 1.16 bits per heavy atom. The van der Waals surface area contributed by atoms with Crippen LogP contribution in [0.1, 0.15) is 55.1 Å². The highest BCUT2D eigenvalue weighted by atomic mass is 32.2. The Labute approximate surface area is 183 Å². The minimum Gasteiger partial charge on any atom is -0.496 e. The molecule has 1 N–H and O–H groups in total. The number of ether oxygens (including phenoxy) is 2. The molecule has 4 rings (SSSR count). The van der Waals surface area contributed by atoms with Crippen molar-refractivity contribution in [2.75, 3.05) is 20.2 Å². The second kappa shape index (κ2) is 8.16. The van der Waals surface area contributed by atoms with Gasteiger partial charge in [0.15, 0.2) is 0 Å². The first kappa shape index (κ1) is 21.6. The third-order valence-electron chi connectivity index (χ3n) is 5.78. The van der Waals surface area contributed by atoms with Crippen LogP contribution in [0.15, 0.2) is 47.4 Å². The summed E-state index contributed by atoms with van der Waals surface area (Å²) in [4.78, 5) is 14.7. The molecule has 31 heavy (non-hydrogen) atoms. The van der Waals surface area contributed by atoms with E-state index in [0.717, 1.165) is 18.4 Å². The number of para-hydroxylation sites is 1. The van der Waals surface area contributed by atoms with E-state index in [0.29, 0.717) is 31.0 Å². The van der Waals surface area contributed by atoms with Gasteiger partial charge in [0.05, 0.1) is 23.6 Å². The molecule has 2 aromatic rings. The first-order valence-corrected chi connectivity index (χ1v) is 12.0. The van der Waals surface area contributed by atoms with Gasteiger partial charge in [-0.05, 0) is 51.0 Å². The normalized spacial score (nSPS) is 20.1. The van der Waals surface area contributed by atoms with Gasteiger partial charge in [-0.1, -0.05) is 18.2 Å². The van der Waals surface area contributed by atoms with Gasteiger partial charge in [-0.25, -0.2) is 13.1 Å². The minimum absolute atomic E-state index is 0.0395. The minimum atomic E-state index is -3.89. The van der Waals surface area contributed by atoms with Crippen molar-refractivity contribution in [2.45, 2.75) is 49.6 Å². The van der Waals surface area contributed by atoms with E-state index in [2.05, 4.69) is 4.72 Å². The fourth-order valence-electron chi connectivity index (χ4n) is 4.27. The molecule has 0 aliphatic carbocycles. The molecule has 1 amide bonds. The Balaban J connectivity index is 1.66. The third kappa shape index (κ3) is 4.41. The van der Waals surface area contributed by atoms with Crippen molar-refractivity contribution in [3.63, 3.8) is 0 Å². The Morgan fingerprint density at radius 3 is 2.58 bits per heavy atom. The number of methoxy groups -OCH3 is 1. The first-order valence-electron chi connectivity index (χ1n) is 10.5. The van der Waals surface area contributed by atoms with E-state index in [-0.39, 0.29) is 16.4 Å². The van der Waals surface area contributed by atoms with Gasteiger partial charge in [-0.15, -0.1) is 0 Å². The van der Waals surface area contributed by atoms with Crippen molar-refractivity contribution in [1.29, 1.82) is 0 Å². The largest absolute Gasteiger partial charge is 0.496 e. The first-order chi connectivity index (χ1) is 14.7. The molecule has 0 radical (unpaired) electrons. The molecule has 1 atom stereocenters. The topological polar surface area (TPSA) is 84.9 Å². The van der Waals surface area contributed by atoms with Gasteiger partial charge < -0.3 is 14.4 Å². The summed E-state index contributed by atoms with van der Waals surface area (Å²) in [5, 5.41) is 0. The van der Waals surface area contributed by atoms with Crippen molar-refractivity contribution in [3.05, 3.63) is 53.6 Å². The van der Waals surface area contributed by atoms with Crippen LogP contribution in [-0.4, -0.2) is 45.0 Å². The molecule has 0 bridgehead atoms. The highest BCUT2D eigenvalue weighted by molar-refractivity contribution is 7.89. The Bertz CT molecular complexity index is 1090. The van der Waals surface area contributed by atoms with Crippen molar-refractivity contribution >= 4 is 15.9 Å². The number of carbonyl (C=O) groups is 1. The summed E-state index contributed by atoms with van der Waals surface area (Å²) in [6.07, 6.45) is 2.39. The maximum absolute atomic E-state index is 13.3. The summed E-state index contributed by atoms with van der Waals surface area (Å²) in [6.45, 7) is 5.21. The zero-order chi connectivity index (χ0) is 22.2. The van der Waals surface area contributed by atoms with Crippen LogP contribution in [0.5, 0.6) is 11.5 Å². The molecule has 1 saturated heterocycles. The highest BCUT2D eigenvalue weighted by Crippen LogP contribution is 2.40. The summed E-state index contributed by atoms with van der Waals surface area (Å²) in [6, 6.07) is 11.4. The van der Waals surface area contributed by atoms with Crippen molar-refractivity contribution in [2.24, 2.45) is 0 Å². The molecule has 0 aromatic heterocycles. The monoisotopic (exact) mass is 444 g/mol. The third-order valence-corrected chi connectivity index (χ3v) is 7.25. The second-order valence-corrected chi connectivity index (χ2v) is 10.4. The Morgan fingerprint density at radius 2 is 1.87 bits per heavy atom. The number of amides is 1. The van der Waals surface area contributed by atoms with E-state index >= 15 is 0 Å². The Kier molecular flexibility index (Phi) is 5.70. The fraction of sp³-hybridized carbons (Fsp3) is 0.435. The lowest BCUT2D eigenvalue weighted by Crippen LogP contribution is -2.41. The smallest absolute Gasteiger partial charge is 0.257 e. The molecule has 1 fully saturated rings. The van der Waals surface area contributed by atoms with Crippen LogP contribution in [0, 0.1) is 0 Å². The molecular weight excluding hydrogens is 416 g/mol. The lowest BCUT2D eigenvalue weighted by atomic mass is 9.90. The van der Waals surface area contributed by atoms with Gasteiger partial charge in [0.1, 0.15) is 17.1 Å². The van der Waals surface area contributed by atoms with Crippen LogP contribution in [-0.2, 0) is 10.0 Å². The molecule has 2 aliphatic heterocycles. The molecule has 7 nitrogen and oxygen atoms in total. The number of nitrogens with zero attached hydrogens (tertiary/aromatic N) is 1. The SMILES string of the molecule is COc1ccc(S(=O)(=O)NC2CC(C)(C)Oc3ccccc32)cc1C(=O)N1CCCC1. The lowest BCUT2D eigenvalue weighted by molar-refractivity contribution is 0.0702. The fourth-order valence-corrected chi connectivity index (χ4v) is 5.52. The van der Waals surface area contributed by atoms with Gasteiger partial charge in [-0.3, -0.25) is 4.79 Å². The maximum atomic E-state index is 13.3. The molecule has 166 valence electrons. The predicted molar refractivity (Wildman–Crippen MR) is 117 cm³/mol. The van der Waals surface area contributed by atoms with Crippen LogP contribution < -0.4 is 14.2 Å². The van der Waals surface area contributed by atoms with Crippen molar-refractivity contribution in [3.8, 4) is 11.5 Å². The summed E-state index contributed by atoms with van der Waals surface area (Å²) >= 11 is 0. The van der Waals surface area contributed by atoms with Crippen LogP contribution in [0.3, 0.4) is 0 Å². The number of nitrogens with one attached hydrogen (secondary N) is 1. The van der Waals surface area contributed by atoms with Gasteiger partial charge in [0, 0.05) is 25.1 Å². The molecule has 0 spiro atoms. The van der Waals surface area contributed by atoms with Crippen LogP contribution in [0.4, 0.5) is 0 Å². The van der Waals surface area contributed by atoms with Gasteiger partial charge >= 0.3 is 0 Å². The molecule has 0 saturated carbocycles. The zero-order valence-corrected chi connectivity index (χ0v) is 18.9. The number of fused-ring (bicyclic) bond motifs is 1. The number of hydrogen-bond acceptors (Lipinski definition) is 5. The van der Waals surface area contributed by atoms with Crippen molar-refractivity contribution < 1.29 is 22.7 Å². The molecule has 2 heterocycles. The zero-order valence-electron chi connectivity index (χ0n) is 18.1. The molecule has 8 heteroatoms. The number of benzene rings is 2. The van der Waals surface area contributed by atoms with Crippen molar-refractivity contribution in [1.82, 2.24) is 9.62 Å². The lowest BCUT2D eigenvalue weighted by Gasteiger charge is -2.37. The van der Waals surface area contributed by atoms with Crippen LogP contribution >= 0.6 is 0 Å². The van der Waals surface area contributed by atoms with Gasteiger partial charge in [0.25, 0.3) is 5.91 Å². The summed E-state index contributed by atoms with van der Waals surface area (Å²) < 4.78 is 40.8. The van der Waals surface area contributed by atoms with E-state index < -0.39 is 21.7 Å². The quantitative estimate of drug-likeness (QED) is 0.763.